The Morgan fingerprint density at radius 1 is 1.00 bits per heavy atom. The molecule has 0 aliphatic rings. The highest BCUT2D eigenvalue weighted by atomic mass is 16.5. The van der Waals surface area contributed by atoms with Crippen molar-refractivity contribution in [1.82, 2.24) is 0 Å². The zero-order valence-corrected chi connectivity index (χ0v) is 13.0. The maximum absolute atomic E-state index is 6.23. The molecule has 0 saturated carbocycles. The average molecular weight is 263 g/mol. The number of rotatable bonds is 8. The van der Waals surface area contributed by atoms with Gasteiger partial charge in [0.05, 0.1) is 6.10 Å². The zero-order chi connectivity index (χ0) is 14.3. The van der Waals surface area contributed by atoms with E-state index in [1.165, 1.54) is 25.7 Å². The number of hydrogen-bond donors (Lipinski definition) is 1. The van der Waals surface area contributed by atoms with Crippen LogP contribution >= 0.6 is 0 Å². The van der Waals surface area contributed by atoms with Gasteiger partial charge in [0.25, 0.3) is 0 Å². The van der Waals surface area contributed by atoms with Crippen LogP contribution in [0.15, 0.2) is 12.1 Å². The molecule has 0 aromatic heterocycles. The van der Waals surface area contributed by atoms with Crippen molar-refractivity contribution in [2.45, 2.75) is 72.3 Å². The second kappa shape index (κ2) is 8.08. The van der Waals surface area contributed by atoms with Crippen LogP contribution < -0.4 is 10.5 Å². The minimum Gasteiger partial charge on any atom is -0.490 e. The molecule has 108 valence electrons. The minimum atomic E-state index is 0.349. The van der Waals surface area contributed by atoms with Crippen LogP contribution in [0.5, 0.6) is 5.75 Å². The highest BCUT2D eigenvalue weighted by Crippen LogP contribution is 2.27. The predicted octanol–water partition coefficient (Wildman–Crippen LogP) is 5.01. The summed E-state index contributed by atoms with van der Waals surface area (Å²) in [6, 6.07) is 4.09. The van der Waals surface area contributed by atoms with Gasteiger partial charge in [0.2, 0.25) is 0 Å². The molecular formula is C17H29NO. The molecule has 0 aliphatic heterocycles. The summed E-state index contributed by atoms with van der Waals surface area (Å²) in [5.41, 5.74) is 9.02. The largest absolute Gasteiger partial charge is 0.490 e. The smallest absolute Gasteiger partial charge is 0.123 e. The van der Waals surface area contributed by atoms with E-state index in [1.807, 2.05) is 13.0 Å². The van der Waals surface area contributed by atoms with Gasteiger partial charge in [0.1, 0.15) is 5.75 Å². The summed E-state index contributed by atoms with van der Waals surface area (Å²) < 4.78 is 6.23. The van der Waals surface area contributed by atoms with E-state index in [0.717, 1.165) is 35.4 Å². The molecule has 0 saturated heterocycles. The van der Waals surface area contributed by atoms with Crippen molar-refractivity contribution < 1.29 is 4.74 Å². The van der Waals surface area contributed by atoms with Crippen LogP contribution in [0.3, 0.4) is 0 Å². The quantitative estimate of drug-likeness (QED) is 0.669. The number of unbranched alkanes of at least 4 members (excludes halogenated alkanes) is 2. The van der Waals surface area contributed by atoms with Crippen LogP contribution in [0.2, 0.25) is 0 Å². The van der Waals surface area contributed by atoms with Crippen molar-refractivity contribution >= 4 is 5.69 Å². The van der Waals surface area contributed by atoms with Gasteiger partial charge in [0, 0.05) is 5.69 Å². The van der Waals surface area contributed by atoms with E-state index >= 15 is 0 Å². The van der Waals surface area contributed by atoms with E-state index in [0.29, 0.717) is 6.10 Å². The first kappa shape index (κ1) is 15.9. The molecule has 1 aromatic carbocycles. The molecule has 0 bridgehead atoms. The Balaban J connectivity index is 2.74. The van der Waals surface area contributed by atoms with Crippen molar-refractivity contribution in [1.29, 1.82) is 0 Å². The van der Waals surface area contributed by atoms with Crippen LogP contribution in [0.4, 0.5) is 5.69 Å². The molecule has 2 nitrogen and oxygen atoms in total. The van der Waals surface area contributed by atoms with Crippen LogP contribution in [0.1, 0.15) is 63.5 Å². The maximum Gasteiger partial charge on any atom is 0.123 e. The molecule has 1 aromatic rings. The van der Waals surface area contributed by atoms with Gasteiger partial charge in [-0.1, -0.05) is 39.5 Å². The normalized spacial score (nSPS) is 11.0. The van der Waals surface area contributed by atoms with Crippen molar-refractivity contribution in [3.8, 4) is 5.75 Å². The Kier molecular flexibility index (Phi) is 6.75. The van der Waals surface area contributed by atoms with Gasteiger partial charge in [-0.15, -0.1) is 0 Å². The fourth-order valence-electron chi connectivity index (χ4n) is 2.24. The summed E-state index contributed by atoms with van der Waals surface area (Å²) in [7, 11) is 0. The summed E-state index contributed by atoms with van der Waals surface area (Å²) in [5.74, 6) is 1.00. The van der Waals surface area contributed by atoms with E-state index in [2.05, 4.69) is 26.8 Å². The number of ether oxygens (including phenoxy) is 1. The molecular weight excluding hydrogens is 234 g/mol. The first-order valence-electron chi connectivity index (χ1n) is 7.61. The van der Waals surface area contributed by atoms with E-state index in [1.54, 1.807) is 0 Å². The molecule has 0 atom stereocenters. The third-order valence-corrected chi connectivity index (χ3v) is 3.62. The molecule has 0 aliphatic carbocycles. The number of nitrogen functional groups attached to an aromatic ring is 1. The molecule has 0 spiro atoms. The molecule has 1 rings (SSSR count). The summed E-state index contributed by atoms with van der Waals surface area (Å²) in [5, 5.41) is 0. The number of aryl methyl sites for hydroxylation is 2. The number of nitrogens with two attached hydrogens (primary N) is 1. The van der Waals surface area contributed by atoms with E-state index in [9.17, 15) is 0 Å². The molecule has 0 amide bonds. The molecule has 2 N–H and O–H groups in total. The van der Waals surface area contributed by atoms with Crippen molar-refractivity contribution in [3.05, 3.63) is 23.3 Å². The number of hydrogen-bond acceptors (Lipinski definition) is 2. The van der Waals surface area contributed by atoms with E-state index in [-0.39, 0.29) is 0 Å². The zero-order valence-electron chi connectivity index (χ0n) is 13.0. The van der Waals surface area contributed by atoms with Gasteiger partial charge >= 0.3 is 0 Å². The van der Waals surface area contributed by atoms with Gasteiger partial charge in [-0.3, -0.25) is 0 Å². The Hall–Kier alpha value is -1.18. The Morgan fingerprint density at radius 2 is 1.58 bits per heavy atom. The fraction of sp³-hybridized carbons (Fsp3) is 0.647. The van der Waals surface area contributed by atoms with Gasteiger partial charge in [-0.05, 0) is 49.9 Å². The summed E-state index contributed by atoms with van der Waals surface area (Å²) >= 11 is 0. The molecule has 0 fully saturated rings. The molecule has 0 heterocycles. The Bertz CT molecular complexity index is 379. The van der Waals surface area contributed by atoms with E-state index in [4.69, 9.17) is 10.5 Å². The van der Waals surface area contributed by atoms with Crippen LogP contribution in [0, 0.1) is 13.8 Å². The Labute approximate surface area is 118 Å². The molecule has 0 unspecified atom stereocenters. The van der Waals surface area contributed by atoms with Gasteiger partial charge in [-0.2, -0.15) is 0 Å². The molecule has 0 radical (unpaired) electrons. The lowest BCUT2D eigenvalue weighted by molar-refractivity contribution is 0.173. The monoisotopic (exact) mass is 263 g/mol. The van der Waals surface area contributed by atoms with Gasteiger partial charge in [0.15, 0.2) is 0 Å². The van der Waals surface area contributed by atoms with Crippen molar-refractivity contribution in [2.24, 2.45) is 0 Å². The fourth-order valence-corrected chi connectivity index (χ4v) is 2.24. The summed E-state index contributed by atoms with van der Waals surface area (Å²) in [6.45, 7) is 8.57. The van der Waals surface area contributed by atoms with Crippen LogP contribution in [0.25, 0.3) is 0 Å². The van der Waals surface area contributed by atoms with Crippen molar-refractivity contribution in [3.63, 3.8) is 0 Å². The van der Waals surface area contributed by atoms with Crippen molar-refractivity contribution in [2.75, 3.05) is 5.73 Å². The standard InChI is InChI=1S/C17H29NO/c1-5-7-9-15(10-8-6-2)19-17-12-13(3)16(18)11-14(17)4/h11-12,15H,5-10,18H2,1-4H3. The van der Waals surface area contributed by atoms with Crippen LogP contribution in [-0.4, -0.2) is 6.10 Å². The SMILES string of the molecule is CCCCC(CCCC)Oc1cc(C)c(N)cc1C. The third-order valence-electron chi connectivity index (χ3n) is 3.62. The Morgan fingerprint density at radius 3 is 2.11 bits per heavy atom. The summed E-state index contributed by atoms with van der Waals surface area (Å²) in [4.78, 5) is 0. The maximum atomic E-state index is 6.23. The number of benzene rings is 1. The summed E-state index contributed by atoms with van der Waals surface area (Å²) in [6.07, 6.45) is 7.58. The first-order valence-corrected chi connectivity index (χ1v) is 7.61. The minimum absolute atomic E-state index is 0.349. The first-order chi connectivity index (χ1) is 9.08. The second-order valence-electron chi connectivity index (χ2n) is 5.50. The topological polar surface area (TPSA) is 35.2 Å². The van der Waals surface area contributed by atoms with Crippen LogP contribution in [-0.2, 0) is 0 Å². The lowest BCUT2D eigenvalue weighted by Crippen LogP contribution is -2.17. The predicted molar refractivity (Wildman–Crippen MR) is 83.8 cm³/mol. The molecule has 2 heteroatoms. The highest BCUT2D eigenvalue weighted by molar-refractivity contribution is 5.53. The highest BCUT2D eigenvalue weighted by Gasteiger charge is 2.12. The average Bonchev–Trinajstić information content (AvgIpc) is 2.38. The molecule has 19 heavy (non-hydrogen) atoms. The van der Waals surface area contributed by atoms with Gasteiger partial charge in [-0.25, -0.2) is 0 Å². The lowest BCUT2D eigenvalue weighted by Gasteiger charge is -2.21. The number of anilines is 1. The third kappa shape index (κ3) is 5.14. The van der Waals surface area contributed by atoms with Gasteiger partial charge < -0.3 is 10.5 Å². The van der Waals surface area contributed by atoms with E-state index < -0.39 is 0 Å². The second-order valence-corrected chi connectivity index (χ2v) is 5.50. The lowest BCUT2D eigenvalue weighted by atomic mass is 10.1.